The van der Waals surface area contributed by atoms with Crippen LogP contribution >= 0.6 is 0 Å². The second-order valence-corrected chi connectivity index (χ2v) is 7.38. The second-order valence-electron chi connectivity index (χ2n) is 5.70. The Morgan fingerprint density at radius 1 is 1.04 bits per heavy atom. The first-order valence-corrected chi connectivity index (χ1v) is 9.39. The summed E-state index contributed by atoms with van der Waals surface area (Å²) >= 11 is 0. The molecule has 0 atom stereocenters. The Morgan fingerprint density at radius 2 is 1.64 bits per heavy atom. The molecule has 2 aromatic rings. The van der Waals surface area contributed by atoms with Crippen LogP contribution in [0.1, 0.15) is 23.6 Å². The maximum Gasteiger partial charge on any atom is 0.407 e. The average molecular weight is 362 g/mol. The topological polar surface area (TPSA) is 84.5 Å². The third-order valence-corrected chi connectivity index (χ3v) is 4.82. The summed E-state index contributed by atoms with van der Waals surface area (Å²) in [5, 5.41) is 2.58. The van der Waals surface area contributed by atoms with Crippen LogP contribution in [-0.2, 0) is 21.3 Å². The van der Waals surface area contributed by atoms with Gasteiger partial charge in [-0.2, -0.15) is 0 Å². The highest BCUT2D eigenvalue weighted by molar-refractivity contribution is 7.92. The Hall–Kier alpha value is -2.54. The van der Waals surface area contributed by atoms with Gasteiger partial charge >= 0.3 is 6.09 Å². The molecule has 0 radical (unpaired) electrons. The summed E-state index contributed by atoms with van der Waals surface area (Å²) in [7, 11) is -3.67. The van der Waals surface area contributed by atoms with Crippen molar-refractivity contribution in [3.05, 3.63) is 59.2 Å². The van der Waals surface area contributed by atoms with Gasteiger partial charge in [0.25, 0.3) is 10.0 Å². The standard InChI is InChI=1S/C18H22N2O4S/c1-4-24-18(21)19-12-15-5-7-17(8-6-15)25(22,23)20-16-10-13(2)9-14(3)11-16/h5-11,20H,4,12H2,1-3H3,(H,19,21). The van der Waals surface area contributed by atoms with E-state index >= 15 is 0 Å². The van der Waals surface area contributed by atoms with Crippen LogP contribution in [0, 0.1) is 13.8 Å². The van der Waals surface area contributed by atoms with Crippen molar-refractivity contribution in [1.29, 1.82) is 0 Å². The Kier molecular flexibility index (Phi) is 6.03. The van der Waals surface area contributed by atoms with E-state index in [0.717, 1.165) is 16.7 Å². The predicted octanol–water partition coefficient (Wildman–Crippen LogP) is 3.35. The number of rotatable bonds is 6. The molecule has 0 aliphatic rings. The Morgan fingerprint density at radius 3 is 2.20 bits per heavy atom. The first kappa shape index (κ1) is 18.8. The molecular weight excluding hydrogens is 340 g/mol. The predicted molar refractivity (Wildman–Crippen MR) is 97.0 cm³/mol. The number of ether oxygens (including phenoxy) is 1. The molecule has 0 unspecified atom stereocenters. The summed E-state index contributed by atoms with van der Waals surface area (Å²) < 4.78 is 32.3. The largest absolute Gasteiger partial charge is 0.450 e. The van der Waals surface area contributed by atoms with E-state index in [-0.39, 0.29) is 11.4 Å². The number of carbonyl (C=O) groups is 1. The molecule has 0 aromatic heterocycles. The van der Waals surface area contributed by atoms with Crippen LogP contribution < -0.4 is 10.0 Å². The highest BCUT2D eigenvalue weighted by Crippen LogP contribution is 2.19. The van der Waals surface area contributed by atoms with E-state index in [1.165, 1.54) is 12.1 Å². The zero-order chi connectivity index (χ0) is 18.4. The number of anilines is 1. The summed E-state index contributed by atoms with van der Waals surface area (Å²) in [6, 6.07) is 11.9. The van der Waals surface area contributed by atoms with Gasteiger partial charge in [-0.05, 0) is 61.7 Å². The van der Waals surface area contributed by atoms with Crippen molar-refractivity contribution in [2.24, 2.45) is 0 Å². The molecule has 2 N–H and O–H groups in total. The van der Waals surface area contributed by atoms with Crippen LogP contribution in [0.2, 0.25) is 0 Å². The van der Waals surface area contributed by atoms with Crippen LogP contribution in [0.3, 0.4) is 0 Å². The molecule has 25 heavy (non-hydrogen) atoms. The van der Waals surface area contributed by atoms with E-state index in [9.17, 15) is 13.2 Å². The van der Waals surface area contributed by atoms with Gasteiger partial charge in [0.15, 0.2) is 0 Å². The minimum atomic E-state index is -3.67. The fourth-order valence-electron chi connectivity index (χ4n) is 2.39. The summed E-state index contributed by atoms with van der Waals surface area (Å²) in [6.07, 6.45) is -0.504. The van der Waals surface area contributed by atoms with Gasteiger partial charge in [-0.15, -0.1) is 0 Å². The molecule has 7 heteroatoms. The number of hydrogen-bond donors (Lipinski definition) is 2. The van der Waals surface area contributed by atoms with Crippen molar-refractivity contribution in [1.82, 2.24) is 5.32 Å². The van der Waals surface area contributed by atoms with E-state index in [1.807, 2.05) is 19.9 Å². The van der Waals surface area contributed by atoms with E-state index in [4.69, 9.17) is 4.74 Å². The zero-order valence-corrected chi connectivity index (χ0v) is 15.3. The molecule has 6 nitrogen and oxygen atoms in total. The fourth-order valence-corrected chi connectivity index (χ4v) is 3.43. The molecular formula is C18H22N2O4S. The number of nitrogens with one attached hydrogen (secondary N) is 2. The summed E-state index contributed by atoms with van der Waals surface area (Å²) in [6.45, 7) is 6.12. The summed E-state index contributed by atoms with van der Waals surface area (Å²) in [5.41, 5.74) is 3.28. The Bertz CT molecular complexity index is 826. The van der Waals surface area contributed by atoms with Gasteiger partial charge in [-0.25, -0.2) is 13.2 Å². The number of benzene rings is 2. The van der Waals surface area contributed by atoms with Gasteiger partial charge in [0, 0.05) is 12.2 Å². The highest BCUT2D eigenvalue weighted by atomic mass is 32.2. The van der Waals surface area contributed by atoms with Gasteiger partial charge in [-0.3, -0.25) is 4.72 Å². The lowest BCUT2D eigenvalue weighted by molar-refractivity contribution is 0.151. The van der Waals surface area contributed by atoms with E-state index < -0.39 is 16.1 Å². The van der Waals surface area contributed by atoms with E-state index in [2.05, 4.69) is 10.0 Å². The molecule has 0 bridgehead atoms. The monoisotopic (exact) mass is 362 g/mol. The van der Waals surface area contributed by atoms with Crippen molar-refractivity contribution >= 4 is 21.8 Å². The number of alkyl carbamates (subject to hydrolysis) is 1. The van der Waals surface area contributed by atoms with Crippen molar-refractivity contribution in [2.45, 2.75) is 32.2 Å². The number of amides is 1. The molecule has 2 rings (SSSR count). The van der Waals surface area contributed by atoms with Crippen molar-refractivity contribution < 1.29 is 17.9 Å². The molecule has 0 spiro atoms. The molecule has 0 fully saturated rings. The average Bonchev–Trinajstić information content (AvgIpc) is 2.52. The third-order valence-electron chi connectivity index (χ3n) is 3.42. The first-order valence-electron chi connectivity index (χ1n) is 7.91. The van der Waals surface area contributed by atoms with E-state index in [0.29, 0.717) is 12.3 Å². The van der Waals surface area contributed by atoms with Gasteiger partial charge in [-0.1, -0.05) is 18.2 Å². The smallest absolute Gasteiger partial charge is 0.407 e. The Labute approximate surface area is 148 Å². The van der Waals surface area contributed by atoms with Crippen molar-refractivity contribution in [3.63, 3.8) is 0 Å². The zero-order valence-electron chi connectivity index (χ0n) is 14.5. The molecule has 0 saturated carbocycles. The molecule has 0 heterocycles. The SMILES string of the molecule is CCOC(=O)NCc1ccc(S(=O)(=O)Nc2cc(C)cc(C)c2)cc1. The van der Waals surface area contributed by atoms with Gasteiger partial charge < -0.3 is 10.1 Å². The lowest BCUT2D eigenvalue weighted by Gasteiger charge is -2.11. The van der Waals surface area contributed by atoms with Crippen molar-refractivity contribution in [3.8, 4) is 0 Å². The van der Waals surface area contributed by atoms with E-state index in [1.54, 1.807) is 31.2 Å². The Balaban J connectivity index is 2.08. The molecule has 134 valence electrons. The van der Waals surface area contributed by atoms with Gasteiger partial charge in [0.2, 0.25) is 0 Å². The molecule has 0 aliphatic carbocycles. The second kappa shape index (κ2) is 8.02. The maximum absolute atomic E-state index is 12.5. The number of sulfonamides is 1. The normalized spacial score (nSPS) is 11.0. The quantitative estimate of drug-likeness (QED) is 0.825. The number of carbonyl (C=O) groups excluding carboxylic acids is 1. The number of aryl methyl sites for hydroxylation is 2. The van der Waals surface area contributed by atoms with Gasteiger partial charge in [0.05, 0.1) is 11.5 Å². The van der Waals surface area contributed by atoms with Crippen LogP contribution in [0.4, 0.5) is 10.5 Å². The third kappa shape index (κ3) is 5.49. The lowest BCUT2D eigenvalue weighted by atomic mass is 10.1. The number of hydrogen-bond acceptors (Lipinski definition) is 4. The minimum Gasteiger partial charge on any atom is -0.450 e. The summed E-state index contributed by atoms with van der Waals surface area (Å²) in [4.78, 5) is 11.4. The molecule has 1 amide bonds. The first-order chi connectivity index (χ1) is 11.8. The van der Waals surface area contributed by atoms with Crippen molar-refractivity contribution in [2.75, 3.05) is 11.3 Å². The summed E-state index contributed by atoms with van der Waals surface area (Å²) in [5.74, 6) is 0. The minimum absolute atomic E-state index is 0.159. The lowest BCUT2D eigenvalue weighted by Crippen LogP contribution is -2.23. The van der Waals surface area contributed by atoms with Crippen LogP contribution in [-0.4, -0.2) is 21.1 Å². The molecule has 0 saturated heterocycles. The maximum atomic E-state index is 12.5. The fraction of sp³-hybridized carbons (Fsp3) is 0.278. The van der Waals surface area contributed by atoms with Crippen LogP contribution in [0.5, 0.6) is 0 Å². The van der Waals surface area contributed by atoms with Crippen LogP contribution in [0.15, 0.2) is 47.4 Å². The van der Waals surface area contributed by atoms with Crippen LogP contribution in [0.25, 0.3) is 0 Å². The molecule has 0 aliphatic heterocycles. The van der Waals surface area contributed by atoms with Gasteiger partial charge in [0.1, 0.15) is 0 Å². The highest BCUT2D eigenvalue weighted by Gasteiger charge is 2.14. The molecule has 2 aromatic carbocycles.